The summed E-state index contributed by atoms with van der Waals surface area (Å²) in [7, 11) is 1.68. The third-order valence-corrected chi connectivity index (χ3v) is 3.90. The molecule has 0 spiro atoms. The molecule has 1 aliphatic rings. The van der Waals surface area contributed by atoms with Crippen LogP contribution in [-0.4, -0.2) is 60.7 Å². The minimum absolute atomic E-state index is 0.270. The van der Waals surface area contributed by atoms with E-state index < -0.39 is 5.97 Å². The summed E-state index contributed by atoms with van der Waals surface area (Å²) in [5.41, 5.74) is 1.30. The summed E-state index contributed by atoms with van der Waals surface area (Å²) in [5, 5.41) is 8.65. The second-order valence-corrected chi connectivity index (χ2v) is 5.46. The summed E-state index contributed by atoms with van der Waals surface area (Å²) in [6, 6.07) is 8.21. The predicted molar refractivity (Wildman–Crippen MR) is 81.6 cm³/mol. The molecule has 1 N–H and O–H groups in total. The van der Waals surface area contributed by atoms with Crippen molar-refractivity contribution in [1.82, 2.24) is 9.80 Å². The predicted octanol–water partition coefficient (Wildman–Crippen LogP) is 1.68. The SMILES string of the molecule is COc1ccc(CN2CCN(CCCC(=O)O)CC2)cc1. The van der Waals surface area contributed by atoms with Crippen LogP contribution in [0, 0.1) is 0 Å². The molecule has 1 aromatic carbocycles. The van der Waals surface area contributed by atoms with Gasteiger partial charge in [0.25, 0.3) is 0 Å². The van der Waals surface area contributed by atoms with E-state index in [1.165, 1.54) is 5.56 Å². The molecule has 0 atom stereocenters. The number of piperazine rings is 1. The summed E-state index contributed by atoms with van der Waals surface area (Å²) < 4.78 is 5.17. The zero-order valence-electron chi connectivity index (χ0n) is 12.6. The number of hydrogen-bond donors (Lipinski definition) is 1. The first-order valence-electron chi connectivity index (χ1n) is 7.47. The molecule has 0 radical (unpaired) electrons. The zero-order chi connectivity index (χ0) is 15.1. The fourth-order valence-corrected chi connectivity index (χ4v) is 2.61. The first-order valence-corrected chi connectivity index (χ1v) is 7.47. The van der Waals surface area contributed by atoms with Gasteiger partial charge in [0.1, 0.15) is 5.75 Å². The van der Waals surface area contributed by atoms with Crippen molar-refractivity contribution in [3.05, 3.63) is 29.8 Å². The van der Waals surface area contributed by atoms with Gasteiger partial charge in [-0.15, -0.1) is 0 Å². The summed E-state index contributed by atoms with van der Waals surface area (Å²) >= 11 is 0. The average molecular weight is 292 g/mol. The quantitative estimate of drug-likeness (QED) is 0.828. The summed E-state index contributed by atoms with van der Waals surface area (Å²) in [6.45, 7) is 5.99. The number of aliphatic carboxylic acids is 1. The van der Waals surface area contributed by atoms with Crippen molar-refractivity contribution < 1.29 is 14.6 Å². The molecule has 1 aromatic rings. The molecule has 0 aliphatic carbocycles. The largest absolute Gasteiger partial charge is 0.497 e. The van der Waals surface area contributed by atoms with Gasteiger partial charge in [0.2, 0.25) is 0 Å². The summed E-state index contributed by atoms with van der Waals surface area (Å²) in [6.07, 6.45) is 1.01. The second-order valence-electron chi connectivity index (χ2n) is 5.46. The minimum Gasteiger partial charge on any atom is -0.497 e. The lowest BCUT2D eigenvalue weighted by Crippen LogP contribution is -2.46. The molecule has 0 aromatic heterocycles. The number of benzene rings is 1. The molecule has 1 saturated heterocycles. The maximum absolute atomic E-state index is 10.5. The van der Waals surface area contributed by atoms with Gasteiger partial charge in [-0.2, -0.15) is 0 Å². The second kappa shape index (κ2) is 8.00. The lowest BCUT2D eigenvalue weighted by molar-refractivity contribution is -0.137. The van der Waals surface area contributed by atoms with Gasteiger partial charge in [-0.05, 0) is 30.7 Å². The lowest BCUT2D eigenvalue weighted by atomic mass is 10.2. The molecule has 2 rings (SSSR count). The van der Waals surface area contributed by atoms with Gasteiger partial charge in [0.15, 0.2) is 0 Å². The van der Waals surface area contributed by atoms with Crippen LogP contribution >= 0.6 is 0 Å². The Bertz CT molecular complexity index is 439. The molecule has 116 valence electrons. The zero-order valence-corrected chi connectivity index (χ0v) is 12.6. The first-order chi connectivity index (χ1) is 10.2. The Balaban J connectivity index is 1.69. The number of carboxylic acid groups (broad SMARTS) is 1. The van der Waals surface area contributed by atoms with Crippen LogP contribution in [0.5, 0.6) is 5.75 Å². The first kappa shape index (κ1) is 15.8. The van der Waals surface area contributed by atoms with E-state index in [0.29, 0.717) is 0 Å². The molecule has 0 unspecified atom stereocenters. The fourth-order valence-electron chi connectivity index (χ4n) is 2.61. The Kier molecular flexibility index (Phi) is 6.02. The van der Waals surface area contributed by atoms with Crippen molar-refractivity contribution >= 4 is 5.97 Å². The third kappa shape index (κ3) is 5.36. The molecule has 1 heterocycles. The Morgan fingerprint density at radius 3 is 2.33 bits per heavy atom. The van der Waals surface area contributed by atoms with E-state index in [1.807, 2.05) is 12.1 Å². The molecule has 5 heteroatoms. The van der Waals surface area contributed by atoms with Crippen LogP contribution in [0.25, 0.3) is 0 Å². The monoisotopic (exact) mass is 292 g/mol. The highest BCUT2D eigenvalue weighted by Crippen LogP contribution is 2.14. The smallest absolute Gasteiger partial charge is 0.303 e. The van der Waals surface area contributed by atoms with Crippen LogP contribution in [0.4, 0.5) is 0 Å². The number of hydrogen-bond acceptors (Lipinski definition) is 4. The standard InChI is InChI=1S/C16H24N2O3/c1-21-15-6-4-14(5-7-15)13-18-11-9-17(10-12-18)8-2-3-16(19)20/h4-7H,2-3,8-13H2,1H3,(H,19,20). The molecule has 1 aliphatic heterocycles. The van der Waals surface area contributed by atoms with Crippen molar-refractivity contribution in [3.63, 3.8) is 0 Å². The summed E-state index contributed by atoms with van der Waals surface area (Å²) in [5.74, 6) is 0.190. The number of rotatable bonds is 7. The Morgan fingerprint density at radius 1 is 1.14 bits per heavy atom. The Morgan fingerprint density at radius 2 is 1.76 bits per heavy atom. The van der Waals surface area contributed by atoms with Gasteiger partial charge in [-0.1, -0.05) is 12.1 Å². The molecule has 21 heavy (non-hydrogen) atoms. The number of carbonyl (C=O) groups is 1. The molecule has 0 saturated carbocycles. The van der Waals surface area contributed by atoms with E-state index in [4.69, 9.17) is 9.84 Å². The highest BCUT2D eigenvalue weighted by molar-refractivity contribution is 5.66. The number of ether oxygens (including phenoxy) is 1. The van der Waals surface area contributed by atoms with Crippen LogP contribution in [0.15, 0.2) is 24.3 Å². The van der Waals surface area contributed by atoms with Crippen molar-refractivity contribution in [2.45, 2.75) is 19.4 Å². The van der Waals surface area contributed by atoms with Crippen molar-refractivity contribution in [2.24, 2.45) is 0 Å². The Hall–Kier alpha value is -1.59. The molecular weight excluding hydrogens is 268 g/mol. The molecule has 0 amide bonds. The van der Waals surface area contributed by atoms with Crippen molar-refractivity contribution in [2.75, 3.05) is 39.8 Å². The van der Waals surface area contributed by atoms with E-state index in [2.05, 4.69) is 21.9 Å². The van der Waals surface area contributed by atoms with E-state index in [0.717, 1.165) is 51.4 Å². The number of nitrogens with zero attached hydrogens (tertiary/aromatic N) is 2. The normalized spacial score (nSPS) is 16.8. The van der Waals surface area contributed by atoms with Crippen LogP contribution < -0.4 is 4.74 Å². The molecule has 0 bridgehead atoms. The van der Waals surface area contributed by atoms with Gasteiger partial charge < -0.3 is 14.7 Å². The van der Waals surface area contributed by atoms with E-state index in [1.54, 1.807) is 7.11 Å². The van der Waals surface area contributed by atoms with Gasteiger partial charge in [-0.25, -0.2) is 0 Å². The lowest BCUT2D eigenvalue weighted by Gasteiger charge is -2.34. The molecule has 1 fully saturated rings. The highest BCUT2D eigenvalue weighted by atomic mass is 16.5. The van der Waals surface area contributed by atoms with Crippen molar-refractivity contribution in [1.29, 1.82) is 0 Å². The maximum Gasteiger partial charge on any atom is 0.303 e. The number of carboxylic acids is 1. The van der Waals surface area contributed by atoms with E-state index in [9.17, 15) is 4.79 Å². The minimum atomic E-state index is -0.701. The van der Waals surface area contributed by atoms with Crippen LogP contribution in [0.3, 0.4) is 0 Å². The van der Waals surface area contributed by atoms with Gasteiger partial charge in [-0.3, -0.25) is 9.69 Å². The van der Waals surface area contributed by atoms with Crippen LogP contribution in [-0.2, 0) is 11.3 Å². The third-order valence-electron chi connectivity index (χ3n) is 3.90. The van der Waals surface area contributed by atoms with Crippen LogP contribution in [0.2, 0.25) is 0 Å². The van der Waals surface area contributed by atoms with Gasteiger partial charge >= 0.3 is 5.97 Å². The van der Waals surface area contributed by atoms with E-state index >= 15 is 0 Å². The molecule has 5 nitrogen and oxygen atoms in total. The topological polar surface area (TPSA) is 53.0 Å². The highest BCUT2D eigenvalue weighted by Gasteiger charge is 2.16. The van der Waals surface area contributed by atoms with Gasteiger partial charge in [0.05, 0.1) is 7.11 Å². The fraction of sp³-hybridized carbons (Fsp3) is 0.562. The Labute approximate surface area is 126 Å². The van der Waals surface area contributed by atoms with E-state index in [-0.39, 0.29) is 6.42 Å². The maximum atomic E-state index is 10.5. The average Bonchev–Trinajstić information content (AvgIpc) is 2.49. The van der Waals surface area contributed by atoms with Crippen LogP contribution in [0.1, 0.15) is 18.4 Å². The molecular formula is C16H24N2O3. The van der Waals surface area contributed by atoms with Crippen molar-refractivity contribution in [3.8, 4) is 5.75 Å². The summed E-state index contributed by atoms with van der Waals surface area (Å²) in [4.78, 5) is 15.3. The van der Waals surface area contributed by atoms with Gasteiger partial charge in [0, 0.05) is 39.1 Å². The number of methoxy groups -OCH3 is 1.